The maximum atomic E-state index is 6.36. The van der Waals surface area contributed by atoms with Crippen molar-refractivity contribution in [2.75, 3.05) is 6.54 Å². The molecule has 0 aliphatic heterocycles. The second kappa shape index (κ2) is 6.25. The topological polar surface area (TPSA) is 12.0 Å². The molecular weight excluding hydrogens is 289 g/mol. The zero-order chi connectivity index (χ0) is 14.8. The van der Waals surface area contributed by atoms with Gasteiger partial charge in [0.15, 0.2) is 0 Å². The molecule has 1 aromatic carbocycles. The van der Waals surface area contributed by atoms with E-state index in [1.807, 2.05) is 12.1 Å². The lowest BCUT2D eigenvalue weighted by Crippen LogP contribution is -2.44. The molecule has 112 valence electrons. The predicted octanol–water partition coefficient (Wildman–Crippen LogP) is 5.48. The van der Waals surface area contributed by atoms with Crippen molar-refractivity contribution < 1.29 is 0 Å². The molecular formula is C17H25Cl2N. The Morgan fingerprint density at radius 2 is 1.80 bits per heavy atom. The lowest BCUT2D eigenvalue weighted by Gasteiger charge is -2.34. The van der Waals surface area contributed by atoms with Gasteiger partial charge >= 0.3 is 0 Å². The maximum Gasteiger partial charge on any atom is 0.0453 e. The first-order valence-corrected chi connectivity index (χ1v) is 8.24. The molecule has 3 heteroatoms. The Kier molecular flexibility index (Phi) is 5.05. The highest BCUT2D eigenvalue weighted by Crippen LogP contribution is 2.42. The van der Waals surface area contributed by atoms with Crippen LogP contribution < -0.4 is 5.32 Å². The average molecular weight is 314 g/mol. The largest absolute Gasteiger partial charge is 0.312 e. The van der Waals surface area contributed by atoms with Gasteiger partial charge in [0.25, 0.3) is 0 Å². The molecule has 0 spiro atoms. The van der Waals surface area contributed by atoms with Crippen LogP contribution in [0.2, 0.25) is 10.0 Å². The molecule has 1 aliphatic rings. The molecule has 1 N–H and O–H groups in total. The highest BCUT2D eigenvalue weighted by Gasteiger charge is 2.35. The van der Waals surface area contributed by atoms with Gasteiger partial charge in [-0.25, -0.2) is 0 Å². The van der Waals surface area contributed by atoms with E-state index >= 15 is 0 Å². The van der Waals surface area contributed by atoms with Gasteiger partial charge < -0.3 is 5.32 Å². The number of hydrogen-bond donors (Lipinski definition) is 1. The van der Waals surface area contributed by atoms with Crippen molar-refractivity contribution in [2.45, 2.75) is 58.4 Å². The number of halogens is 2. The molecule has 0 radical (unpaired) electrons. The van der Waals surface area contributed by atoms with Crippen LogP contribution in [-0.4, -0.2) is 12.1 Å². The quantitative estimate of drug-likeness (QED) is 0.775. The summed E-state index contributed by atoms with van der Waals surface area (Å²) in [5.74, 6) is 0. The van der Waals surface area contributed by atoms with Crippen LogP contribution in [0.25, 0.3) is 0 Å². The minimum atomic E-state index is 0.166. The van der Waals surface area contributed by atoms with Crippen molar-refractivity contribution in [1.82, 2.24) is 5.32 Å². The molecule has 1 aromatic rings. The molecule has 1 aliphatic carbocycles. The predicted molar refractivity (Wildman–Crippen MR) is 88.8 cm³/mol. The van der Waals surface area contributed by atoms with Crippen LogP contribution in [0.5, 0.6) is 0 Å². The van der Waals surface area contributed by atoms with E-state index in [1.54, 1.807) is 0 Å². The molecule has 0 unspecified atom stereocenters. The third-order valence-electron chi connectivity index (χ3n) is 4.24. The second-order valence-corrected chi connectivity index (χ2v) is 8.07. The number of nitrogens with one attached hydrogen (secondary N) is 1. The van der Waals surface area contributed by atoms with E-state index < -0.39 is 0 Å². The van der Waals surface area contributed by atoms with Gasteiger partial charge in [0, 0.05) is 22.1 Å². The first kappa shape index (κ1) is 16.1. The summed E-state index contributed by atoms with van der Waals surface area (Å²) in [6, 6.07) is 5.89. The average Bonchev–Trinajstić information content (AvgIpc) is 2.79. The van der Waals surface area contributed by atoms with Crippen LogP contribution in [0.4, 0.5) is 0 Å². The van der Waals surface area contributed by atoms with E-state index in [-0.39, 0.29) is 5.54 Å². The second-order valence-electron chi connectivity index (χ2n) is 7.22. The zero-order valence-corrected chi connectivity index (χ0v) is 14.2. The minimum absolute atomic E-state index is 0.166. The third kappa shape index (κ3) is 4.38. The minimum Gasteiger partial charge on any atom is -0.312 e. The van der Waals surface area contributed by atoms with E-state index in [9.17, 15) is 0 Å². The van der Waals surface area contributed by atoms with Crippen molar-refractivity contribution >= 4 is 23.2 Å². The fourth-order valence-corrected chi connectivity index (χ4v) is 3.54. The summed E-state index contributed by atoms with van der Waals surface area (Å²) < 4.78 is 0. The molecule has 1 nitrogen and oxygen atoms in total. The highest BCUT2D eigenvalue weighted by molar-refractivity contribution is 6.35. The molecule has 0 heterocycles. The first-order valence-electron chi connectivity index (χ1n) is 7.49. The monoisotopic (exact) mass is 313 g/mol. The maximum absolute atomic E-state index is 6.36. The summed E-state index contributed by atoms with van der Waals surface area (Å²) in [6.07, 6.45) is 6.28. The summed E-state index contributed by atoms with van der Waals surface area (Å²) in [7, 11) is 0. The first-order chi connectivity index (χ1) is 9.30. The summed E-state index contributed by atoms with van der Waals surface area (Å²) in [6.45, 7) is 7.75. The Labute approximate surface area is 133 Å². The van der Waals surface area contributed by atoms with E-state index in [2.05, 4.69) is 32.2 Å². The van der Waals surface area contributed by atoms with Crippen LogP contribution >= 0.6 is 23.2 Å². The molecule has 2 rings (SSSR count). The van der Waals surface area contributed by atoms with E-state index in [4.69, 9.17) is 23.2 Å². The Hall–Kier alpha value is -0.240. The van der Waals surface area contributed by atoms with E-state index in [1.165, 1.54) is 31.2 Å². The van der Waals surface area contributed by atoms with Crippen LogP contribution in [-0.2, 0) is 6.42 Å². The van der Waals surface area contributed by atoms with Crippen molar-refractivity contribution in [3.63, 3.8) is 0 Å². The molecule has 1 fully saturated rings. The lowest BCUT2D eigenvalue weighted by molar-refractivity contribution is 0.245. The zero-order valence-electron chi connectivity index (χ0n) is 12.7. The Balaban J connectivity index is 2.12. The van der Waals surface area contributed by atoms with Crippen molar-refractivity contribution in [2.24, 2.45) is 5.41 Å². The Bertz CT molecular complexity index is 457. The van der Waals surface area contributed by atoms with Crippen molar-refractivity contribution in [3.8, 4) is 0 Å². The van der Waals surface area contributed by atoms with E-state index in [0.29, 0.717) is 10.4 Å². The summed E-state index contributed by atoms with van der Waals surface area (Å²) >= 11 is 12.3. The van der Waals surface area contributed by atoms with Crippen LogP contribution in [0.15, 0.2) is 18.2 Å². The number of benzene rings is 1. The fourth-order valence-electron chi connectivity index (χ4n) is 3.06. The SMILES string of the molecule is CC(C)(C)NCC1(Cc2ccc(Cl)cc2Cl)CCCC1. The van der Waals surface area contributed by atoms with Crippen molar-refractivity contribution in [3.05, 3.63) is 33.8 Å². The van der Waals surface area contributed by atoms with Crippen LogP contribution in [0, 0.1) is 5.41 Å². The normalized spacial score (nSPS) is 18.4. The summed E-state index contributed by atoms with van der Waals surface area (Å²) in [4.78, 5) is 0. The van der Waals surface area contributed by atoms with Gasteiger partial charge in [-0.1, -0.05) is 42.1 Å². The lowest BCUT2D eigenvalue weighted by atomic mass is 9.79. The standard InChI is InChI=1S/C17H25Cl2N/c1-16(2,3)20-12-17(8-4-5-9-17)11-13-6-7-14(18)10-15(13)19/h6-7,10,20H,4-5,8-9,11-12H2,1-3H3. The molecule has 0 bridgehead atoms. The molecule has 0 amide bonds. The molecule has 0 aromatic heterocycles. The Morgan fingerprint density at radius 3 is 2.35 bits per heavy atom. The summed E-state index contributed by atoms with van der Waals surface area (Å²) in [5, 5.41) is 5.21. The van der Waals surface area contributed by atoms with Gasteiger partial charge in [0.1, 0.15) is 0 Å². The van der Waals surface area contributed by atoms with Crippen LogP contribution in [0.1, 0.15) is 52.0 Å². The fraction of sp³-hybridized carbons (Fsp3) is 0.647. The van der Waals surface area contributed by atoms with E-state index in [0.717, 1.165) is 18.0 Å². The third-order valence-corrected chi connectivity index (χ3v) is 4.83. The van der Waals surface area contributed by atoms with Crippen LogP contribution in [0.3, 0.4) is 0 Å². The highest BCUT2D eigenvalue weighted by atomic mass is 35.5. The van der Waals surface area contributed by atoms with Gasteiger partial charge in [0.05, 0.1) is 0 Å². The molecule has 0 atom stereocenters. The van der Waals surface area contributed by atoms with Gasteiger partial charge in [-0.2, -0.15) is 0 Å². The molecule has 0 saturated heterocycles. The van der Waals surface area contributed by atoms with Gasteiger partial charge in [-0.15, -0.1) is 0 Å². The summed E-state index contributed by atoms with van der Waals surface area (Å²) in [5.41, 5.74) is 1.75. The van der Waals surface area contributed by atoms with Crippen molar-refractivity contribution in [1.29, 1.82) is 0 Å². The molecule has 1 saturated carbocycles. The van der Waals surface area contributed by atoms with Gasteiger partial charge in [0.2, 0.25) is 0 Å². The number of hydrogen-bond acceptors (Lipinski definition) is 1. The smallest absolute Gasteiger partial charge is 0.0453 e. The molecule has 20 heavy (non-hydrogen) atoms. The van der Waals surface area contributed by atoms with Gasteiger partial charge in [-0.3, -0.25) is 0 Å². The number of rotatable bonds is 4. The Morgan fingerprint density at radius 1 is 1.15 bits per heavy atom. The van der Waals surface area contributed by atoms with Gasteiger partial charge in [-0.05, 0) is 63.1 Å².